The minimum atomic E-state index is -3.42. The van der Waals surface area contributed by atoms with Gasteiger partial charge in [0.2, 0.25) is 0 Å². The zero-order chi connectivity index (χ0) is 29.3. The molecule has 0 aliphatic rings. The number of amides is 1. The zero-order valence-corrected chi connectivity index (χ0v) is 23.9. The lowest BCUT2D eigenvalue weighted by molar-refractivity contribution is 0.0696. The molecule has 0 fully saturated rings. The lowest BCUT2D eigenvalue weighted by Gasteiger charge is -2.17. The van der Waals surface area contributed by atoms with Crippen LogP contribution in [-0.4, -0.2) is 36.2 Å². The van der Waals surface area contributed by atoms with Crippen molar-refractivity contribution >= 4 is 44.2 Å². The Morgan fingerprint density at radius 3 is 2.34 bits per heavy atom. The van der Waals surface area contributed by atoms with Gasteiger partial charge in [0.1, 0.15) is 0 Å². The van der Waals surface area contributed by atoms with Crippen LogP contribution in [0.15, 0.2) is 102 Å². The third kappa shape index (κ3) is 6.19. The Kier molecular flexibility index (Phi) is 7.71. The summed E-state index contributed by atoms with van der Waals surface area (Å²) in [6.07, 6.45) is 3.07. The van der Waals surface area contributed by atoms with E-state index in [1.165, 1.54) is 12.1 Å². The molecule has 1 aromatic heterocycles. The van der Waals surface area contributed by atoms with Gasteiger partial charge in [-0.05, 0) is 83.8 Å². The molecule has 41 heavy (non-hydrogen) atoms. The molecular weight excluding hydrogens is 560 g/mol. The molecule has 5 rings (SSSR count). The van der Waals surface area contributed by atoms with E-state index >= 15 is 0 Å². The van der Waals surface area contributed by atoms with Crippen LogP contribution in [-0.2, 0) is 16.4 Å². The molecule has 1 amide bonds. The van der Waals surface area contributed by atoms with Crippen molar-refractivity contribution in [2.24, 2.45) is 0 Å². The molecular formula is C32H27ClN2O5S. The number of carboxylic acids is 1. The molecule has 7 nitrogen and oxygen atoms in total. The van der Waals surface area contributed by atoms with Gasteiger partial charge in [-0.1, -0.05) is 48.0 Å². The Bertz CT molecular complexity index is 1900. The number of aromatic nitrogens is 1. The Balaban J connectivity index is 1.58. The van der Waals surface area contributed by atoms with E-state index in [9.17, 15) is 23.1 Å². The number of fused-ring (bicyclic) bond motifs is 1. The van der Waals surface area contributed by atoms with Crippen molar-refractivity contribution in [2.45, 2.75) is 24.4 Å². The van der Waals surface area contributed by atoms with Gasteiger partial charge in [-0.2, -0.15) is 0 Å². The van der Waals surface area contributed by atoms with Crippen LogP contribution in [0.5, 0.6) is 0 Å². The third-order valence-corrected chi connectivity index (χ3v) is 8.29. The van der Waals surface area contributed by atoms with Crippen molar-refractivity contribution in [1.82, 2.24) is 9.88 Å². The average molecular weight is 587 g/mol. The summed E-state index contributed by atoms with van der Waals surface area (Å²) in [4.78, 5) is 25.3. The second-order valence-electron chi connectivity index (χ2n) is 9.96. The van der Waals surface area contributed by atoms with E-state index in [-0.39, 0.29) is 16.4 Å². The molecule has 208 valence electrons. The van der Waals surface area contributed by atoms with Crippen molar-refractivity contribution in [3.63, 3.8) is 0 Å². The van der Waals surface area contributed by atoms with Crippen molar-refractivity contribution in [3.05, 3.63) is 124 Å². The van der Waals surface area contributed by atoms with Crippen molar-refractivity contribution in [1.29, 1.82) is 0 Å². The largest absolute Gasteiger partial charge is 0.478 e. The van der Waals surface area contributed by atoms with Gasteiger partial charge in [0, 0.05) is 29.4 Å². The first kappa shape index (κ1) is 28.1. The predicted octanol–water partition coefficient (Wildman–Crippen LogP) is 6.60. The maximum atomic E-state index is 13.8. The molecule has 0 unspecified atom stereocenters. The number of aromatic carboxylic acids is 1. The summed E-state index contributed by atoms with van der Waals surface area (Å²) in [6.45, 7) is 2.31. The van der Waals surface area contributed by atoms with Crippen molar-refractivity contribution < 1.29 is 23.1 Å². The molecule has 2 N–H and O–H groups in total. The first-order valence-electron chi connectivity index (χ1n) is 12.8. The highest BCUT2D eigenvalue weighted by atomic mass is 35.5. The standard InChI is InChI=1S/C32H27ClN2O5S/c1-20(22-9-11-23(12-10-22)32(37)38)34-31(36)29-18-26(24-6-4-8-28(17-24)41(2,39)40)16-25-13-14-35(30(25)29)19-21-5-3-7-27(33)15-21/h3-18,20H,19H2,1-2H3,(H,34,36)(H,37,38)/t20-/m0/s1. The number of carbonyl (C=O) groups excluding carboxylic acids is 1. The van der Waals surface area contributed by atoms with Crippen LogP contribution < -0.4 is 5.32 Å². The molecule has 0 saturated heterocycles. The molecule has 0 aliphatic heterocycles. The van der Waals surface area contributed by atoms with Crippen LogP contribution in [0.25, 0.3) is 22.0 Å². The maximum absolute atomic E-state index is 13.8. The van der Waals surface area contributed by atoms with E-state index in [0.717, 1.165) is 28.3 Å². The molecule has 1 atom stereocenters. The van der Waals surface area contributed by atoms with Crippen molar-refractivity contribution in [2.75, 3.05) is 6.26 Å². The fraction of sp³-hybridized carbons (Fsp3) is 0.125. The third-order valence-electron chi connectivity index (χ3n) is 6.95. The van der Waals surface area contributed by atoms with Crippen LogP contribution >= 0.6 is 11.6 Å². The number of nitrogens with zero attached hydrogens (tertiary/aromatic N) is 1. The highest BCUT2D eigenvalue weighted by Gasteiger charge is 2.20. The van der Waals surface area contributed by atoms with Crippen molar-refractivity contribution in [3.8, 4) is 11.1 Å². The topological polar surface area (TPSA) is 105 Å². The molecule has 5 aromatic rings. The second kappa shape index (κ2) is 11.2. The van der Waals surface area contributed by atoms with Crippen LogP contribution in [0.2, 0.25) is 5.02 Å². The maximum Gasteiger partial charge on any atom is 0.335 e. The van der Waals surface area contributed by atoms with Gasteiger partial charge >= 0.3 is 5.97 Å². The predicted molar refractivity (Wildman–Crippen MR) is 160 cm³/mol. The minimum absolute atomic E-state index is 0.164. The minimum Gasteiger partial charge on any atom is -0.478 e. The first-order chi connectivity index (χ1) is 19.5. The summed E-state index contributed by atoms with van der Waals surface area (Å²) in [7, 11) is -3.42. The van der Waals surface area contributed by atoms with E-state index in [1.807, 2.05) is 54.1 Å². The normalized spacial score (nSPS) is 12.3. The Labute approximate surface area is 242 Å². The number of sulfone groups is 1. The quantitative estimate of drug-likeness (QED) is 0.213. The molecule has 0 aliphatic carbocycles. The van der Waals surface area contributed by atoms with Gasteiger partial charge in [0.25, 0.3) is 5.91 Å². The number of benzene rings is 4. The van der Waals surface area contributed by atoms with Gasteiger partial charge in [0.05, 0.1) is 27.6 Å². The lowest BCUT2D eigenvalue weighted by Crippen LogP contribution is -2.27. The average Bonchev–Trinajstić information content (AvgIpc) is 3.34. The molecule has 0 saturated carbocycles. The van der Waals surface area contributed by atoms with Gasteiger partial charge in [-0.15, -0.1) is 0 Å². The molecule has 0 radical (unpaired) electrons. The molecule has 4 aromatic carbocycles. The number of carboxylic acid groups (broad SMARTS) is 1. The summed E-state index contributed by atoms with van der Waals surface area (Å²) in [6, 6.07) is 25.8. The van der Waals surface area contributed by atoms with E-state index < -0.39 is 21.8 Å². The van der Waals surface area contributed by atoms with Crippen LogP contribution in [0.1, 0.15) is 44.8 Å². The smallest absolute Gasteiger partial charge is 0.335 e. The molecule has 1 heterocycles. The summed E-state index contributed by atoms with van der Waals surface area (Å²) >= 11 is 6.21. The fourth-order valence-corrected chi connectivity index (χ4v) is 5.71. The number of carbonyl (C=O) groups is 2. The molecule has 0 spiro atoms. The second-order valence-corrected chi connectivity index (χ2v) is 12.4. The Hall–Kier alpha value is -4.40. The Morgan fingerprint density at radius 2 is 1.66 bits per heavy atom. The van der Waals surface area contributed by atoms with E-state index in [2.05, 4.69) is 5.32 Å². The monoisotopic (exact) mass is 586 g/mol. The summed E-state index contributed by atoms with van der Waals surface area (Å²) in [5.41, 5.74) is 4.40. The number of hydrogen-bond donors (Lipinski definition) is 2. The number of nitrogens with one attached hydrogen (secondary N) is 1. The van der Waals surface area contributed by atoms with Crippen LogP contribution in [0, 0.1) is 0 Å². The zero-order valence-electron chi connectivity index (χ0n) is 22.3. The fourth-order valence-electron chi connectivity index (χ4n) is 4.83. The highest BCUT2D eigenvalue weighted by molar-refractivity contribution is 7.90. The van der Waals surface area contributed by atoms with E-state index in [4.69, 9.17) is 11.6 Å². The van der Waals surface area contributed by atoms with Crippen LogP contribution in [0.3, 0.4) is 0 Å². The SMILES string of the molecule is C[C@H](NC(=O)c1cc(-c2cccc(S(C)(=O)=O)c2)cc2ccn(Cc3cccc(Cl)c3)c12)c1ccc(C(=O)O)cc1. The number of hydrogen-bond acceptors (Lipinski definition) is 4. The summed E-state index contributed by atoms with van der Waals surface area (Å²) in [5.74, 6) is -1.34. The highest BCUT2D eigenvalue weighted by Crippen LogP contribution is 2.31. The van der Waals surface area contributed by atoms with Gasteiger partial charge in [0.15, 0.2) is 9.84 Å². The number of rotatable bonds is 8. The number of halogens is 1. The summed E-state index contributed by atoms with van der Waals surface area (Å²) < 4.78 is 26.4. The Morgan fingerprint density at radius 1 is 0.927 bits per heavy atom. The van der Waals surface area contributed by atoms with Gasteiger partial charge < -0.3 is 15.0 Å². The summed E-state index contributed by atoms with van der Waals surface area (Å²) in [5, 5.41) is 13.7. The molecule has 0 bridgehead atoms. The van der Waals surface area contributed by atoms with E-state index in [0.29, 0.717) is 28.3 Å². The van der Waals surface area contributed by atoms with Crippen LogP contribution in [0.4, 0.5) is 0 Å². The molecule has 9 heteroatoms. The van der Waals surface area contributed by atoms with E-state index in [1.54, 1.807) is 42.5 Å². The lowest BCUT2D eigenvalue weighted by atomic mass is 9.99. The first-order valence-corrected chi connectivity index (χ1v) is 15.1. The van der Waals surface area contributed by atoms with Gasteiger partial charge in [-0.3, -0.25) is 4.79 Å². The van der Waals surface area contributed by atoms with Gasteiger partial charge in [-0.25, -0.2) is 13.2 Å².